The molecular formula is C69H50N2. The molecule has 0 bridgehead atoms. The van der Waals surface area contributed by atoms with E-state index >= 15 is 0 Å². The highest BCUT2D eigenvalue weighted by atomic mass is 15.2. The molecule has 71 heavy (non-hydrogen) atoms. The Balaban J connectivity index is 1.09. The van der Waals surface area contributed by atoms with Crippen LogP contribution in [-0.4, -0.2) is 0 Å². The van der Waals surface area contributed by atoms with Crippen molar-refractivity contribution in [2.75, 3.05) is 9.80 Å². The zero-order chi connectivity index (χ0) is 47.3. The van der Waals surface area contributed by atoms with E-state index in [1.807, 2.05) is 0 Å². The lowest BCUT2D eigenvalue weighted by Crippen LogP contribution is -2.43. The van der Waals surface area contributed by atoms with Crippen molar-refractivity contribution >= 4 is 28.4 Å². The number of hydrogen-bond acceptors (Lipinski definition) is 2. The van der Waals surface area contributed by atoms with Crippen molar-refractivity contribution in [3.8, 4) is 55.6 Å². The van der Waals surface area contributed by atoms with Gasteiger partial charge in [0, 0.05) is 22.5 Å². The highest BCUT2D eigenvalue weighted by molar-refractivity contribution is 5.97. The van der Waals surface area contributed by atoms with Gasteiger partial charge in [-0.05, 0) is 162 Å². The summed E-state index contributed by atoms with van der Waals surface area (Å²) in [5, 5.41) is 0. The zero-order valence-electron chi connectivity index (χ0n) is 39.9. The molecule has 0 radical (unpaired) electrons. The lowest BCUT2D eigenvalue weighted by molar-refractivity contribution is 0.660. The van der Waals surface area contributed by atoms with E-state index in [2.05, 4.69) is 278 Å². The maximum absolute atomic E-state index is 2.58. The summed E-state index contributed by atoms with van der Waals surface area (Å²) in [7, 11) is 0. The second kappa shape index (κ2) is 15.9. The van der Waals surface area contributed by atoms with Crippen LogP contribution in [0, 0.1) is 0 Å². The fraction of sp³-hybridized carbons (Fsp3) is 0.0725. The maximum Gasteiger partial charge on any atom is 0.0749 e. The Morgan fingerprint density at radius 3 is 1.25 bits per heavy atom. The van der Waals surface area contributed by atoms with E-state index in [4.69, 9.17) is 0 Å². The van der Waals surface area contributed by atoms with Gasteiger partial charge in [-0.15, -0.1) is 0 Å². The molecule has 0 saturated carbocycles. The van der Waals surface area contributed by atoms with Crippen LogP contribution in [0.5, 0.6) is 0 Å². The summed E-state index contributed by atoms with van der Waals surface area (Å²) in [6.07, 6.45) is 5.60. The van der Waals surface area contributed by atoms with Crippen LogP contribution in [-0.2, 0) is 10.8 Å². The molecular weight excluding hydrogens is 857 g/mol. The summed E-state index contributed by atoms with van der Waals surface area (Å²) < 4.78 is 0. The number of fused-ring (bicyclic) bond motifs is 10. The average Bonchev–Trinajstić information content (AvgIpc) is 4.02. The zero-order valence-corrected chi connectivity index (χ0v) is 39.9. The van der Waals surface area contributed by atoms with Crippen LogP contribution in [0.4, 0.5) is 28.4 Å². The Morgan fingerprint density at radius 1 is 0.324 bits per heavy atom. The van der Waals surface area contributed by atoms with Crippen molar-refractivity contribution in [1.82, 2.24) is 0 Å². The molecule has 4 aliphatic rings. The molecule has 0 amide bonds. The van der Waals surface area contributed by atoms with E-state index in [1.165, 1.54) is 112 Å². The fourth-order valence-corrected chi connectivity index (χ4v) is 12.6. The summed E-state index contributed by atoms with van der Waals surface area (Å²) in [6.45, 7) is 4.77. The van der Waals surface area contributed by atoms with Crippen molar-refractivity contribution < 1.29 is 0 Å². The molecule has 2 heteroatoms. The van der Waals surface area contributed by atoms with Crippen molar-refractivity contribution in [2.45, 2.75) is 31.1 Å². The van der Waals surface area contributed by atoms with Gasteiger partial charge in [0.05, 0.1) is 22.5 Å². The van der Waals surface area contributed by atoms with Gasteiger partial charge in [0.15, 0.2) is 0 Å². The summed E-state index contributed by atoms with van der Waals surface area (Å²) >= 11 is 0. The number of anilines is 5. The van der Waals surface area contributed by atoms with E-state index in [9.17, 15) is 0 Å². The first-order valence-electron chi connectivity index (χ1n) is 25.0. The van der Waals surface area contributed by atoms with E-state index in [1.54, 1.807) is 0 Å². The Hall–Kier alpha value is -8.72. The van der Waals surface area contributed by atoms with E-state index in [0.29, 0.717) is 0 Å². The predicted molar refractivity (Wildman–Crippen MR) is 296 cm³/mol. The molecule has 2 nitrogen and oxygen atoms in total. The molecule has 2 aliphatic carbocycles. The number of rotatable bonds is 6. The topological polar surface area (TPSA) is 6.48 Å². The monoisotopic (exact) mass is 906 g/mol. The fourth-order valence-electron chi connectivity index (χ4n) is 12.6. The number of nitrogens with zero attached hydrogens (tertiary/aromatic N) is 2. The van der Waals surface area contributed by atoms with E-state index < -0.39 is 5.41 Å². The Kier molecular flexibility index (Phi) is 9.25. The molecule has 1 spiro atoms. The summed E-state index contributed by atoms with van der Waals surface area (Å²) in [6, 6.07) is 90.7. The Labute approximate surface area is 416 Å². The molecule has 14 rings (SSSR count). The van der Waals surface area contributed by atoms with Crippen molar-refractivity contribution in [3.63, 3.8) is 0 Å². The quantitative estimate of drug-likeness (QED) is 0.164. The first-order chi connectivity index (χ1) is 35.0. The van der Waals surface area contributed by atoms with Crippen LogP contribution >= 0.6 is 0 Å². The van der Waals surface area contributed by atoms with Crippen LogP contribution in [0.2, 0.25) is 0 Å². The van der Waals surface area contributed by atoms with Crippen molar-refractivity contribution in [2.24, 2.45) is 0 Å². The summed E-state index contributed by atoms with van der Waals surface area (Å²) in [5.41, 5.74) is 26.4. The molecule has 0 saturated heterocycles. The standard InChI is InChI=1S/C69H50N2/c1-68(2)58-27-16-15-26-56(58)57-38-37-55(45-60(57)68)71-66-40-33-52(48-22-11-5-12-23-48)43-62(66)69(63-44-53(34-41-67(63)71)49-24-13-6-14-25-49)59-28-17-29-64(59)70(54-35-30-50(31-36-54)46-18-7-3-8-19-46)65-39-32-51(42-61(65)69)47-20-9-4-10-21-47/h3-27,29-45H,28H2,1-2H3. The smallest absolute Gasteiger partial charge is 0.0749 e. The first-order valence-corrected chi connectivity index (χ1v) is 25.0. The van der Waals surface area contributed by atoms with Gasteiger partial charge >= 0.3 is 0 Å². The van der Waals surface area contributed by atoms with E-state index in [0.717, 1.165) is 17.8 Å². The molecule has 0 unspecified atom stereocenters. The third-order valence-corrected chi connectivity index (χ3v) is 15.9. The van der Waals surface area contributed by atoms with Gasteiger partial charge in [-0.3, -0.25) is 0 Å². The first kappa shape index (κ1) is 41.3. The highest BCUT2D eigenvalue weighted by Gasteiger charge is 2.54. The van der Waals surface area contributed by atoms with Gasteiger partial charge in [0.1, 0.15) is 0 Å². The SMILES string of the molecule is CC1(C)c2ccccc2-c2ccc(N3c4ccc(-c5ccccc5)cc4C4(C5=C(C=CC5)N(c5ccc(-c6ccccc6)cc5)c5ccc(-c6ccccc6)cc54)c4cc(-c5ccccc5)ccc43)cc21. The van der Waals surface area contributed by atoms with Gasteiger partial charge in [0.2, 0.25) is 0 Å². The highest BCUT2D eigenvalue weighted by Crippen LogP contribution is 2.65. The van der Waals surface area contributed by atoms with Crippen LogP contribution in [0.1, 0.15) is 48.1 Å². The van der Waals surface area contributed by atoms with Gasteiger partial charge in [0.25, 0.3) is 0 Å². The Bertz CT molecular complexity index is 3700. The molecule has 0 atom stereocenters. The largest absolute Gasteiger partial charge is 0.310 e. The van der Waals surface area contributed by atoms with Gasteiger partial charge < -0.3 is 9.80 Å². The molecule has 0 fully saturated rings. The predicted octanol–water partition coefficient (Wildman–Crippen LogP) is 18.1. The van der Waals surface area contributed by atoms with E-state index in [-0.39, 0.29) is 5.41 Å². The maximum atomic E-state index is 2.58. The molecule has 10 aromatic carbocycles. The van der Waals surface area contributed by atoms with Crippen LogP contribution in [0.15, 0.2) is 266 Å². The number of allylic oxidation sites excluding steroid dienone is 3. The molecule has 0 aromatic heterocycles. The van der Waals surface area contributed by atoms with Crippen LogP contribution in [0.3, 0.4) is 0 Å². The van der Waals surface area contributed by atoms with Gasteiger partial charge in [-0.25, -0.2) is 0 Å². The minimum atomic E-state index is -0.706. The normalized spacial score (nSPS) is 15.2. The summed E-state index contributed by atoms with van der Waals surface area (Å²) in [4.78, 5) is 5.12. The summed E-state index contributed by atoms with van der Waals surface area (Å²) in [5.74, 6) is 0. The third kappa shape index (κ3) is 6.21. The number of hydrogen-bond donors (Lipinski definition) is 0. The lowest BCUT2D eigenvalue weighted by atomic mass is 9.59. The second-order valence-corrected chi connectivity index (χ2v) is 20.0. The minimum Gasteiger partial charge on any atom is -0.310 e. The lowest BCUT2D eigenvalue weighted by Gasteiger charge is -2.51. The number of benzene rings is 10. The molecule has 2 heterocycles. The Morgan fingerprint density at radius 2 is 0.732 bits per heavy atom. The van der Waals surface area contributed by atoms with Crippen LogP contribution < -0.4 is 9.80 Å². The molecule has 336 valence electrons. The molecule has 10 aromatic rings. The van der Waals surface area contributed by atoms with Gasteiger partial charge in [-0.1, -0.05) is 202 Å². The van der Waals surface area contributed by atoms with Gasteiger partial charge in [-0.2, -0.15) is 0 Å². The van der Waals surface area contributed by atoms with Crippen molar-refractivity contribution in [3.05, 3.63) is 294 Å². The minimum absolute atomic E-state index is 0.160. The molecule has 0 N–H and O–H groups in total. The van der Waals surface area contributed by atoms with Crippen molar-refractivity contribution in [1.29, 1.82) is 0 Å². The third-order valence-electron chi connectivity index (χ3n) is 15.9. The average molecular weight is 907 g/mol. The van der Waals surface area contributed by atoms with Crippen LogP contribution in [0.25, 0.3) is 55.6 Å². The molecule has 2 aliphatic heterocycles. The second-order valence-electron chi connectivity index (χ2n) is 20.0.